The molecule has 2 heterocycles. The van der Waals surface area contributed by atoms with Crippen molar-refractivity contribution >= 4 is 29.5 Å². The largest absolute Gasteiger partial charge is 0.454 e. The Morgan fingerprint density at radius 3 is 2.48 bits per heavy atom. The summed E-state index contributed by atoms with van der Waals surface area (Å²) in [5.41, 5.74) is 2.56. The second-order valence-corrected chi connectivity index (χ2v) is 7.34. The molecule has 150 valence electrons. The lowest BCUT2D eigenvalue weighted by molar-refractivity contribution is -0.135. The maximum Gasteiger partial charge on any atom is 0.246 e. The number of piperazine rings is 1. The minimum Gasteiger partial charge on any atom is -0.454 e. The van der Waals surface area contributed by atoms with Gasteiger partial charge in [0.15, 0.2) is 11.5 Å². The summed E-state index contributed by atoms with van der Waals surface area (Å²) < 4.78 is 10.8. The number of halogens is 1. The average molecular weight is 413 g/mol. The predicted octanol–water partition coefficient (Wildman–Crippen LogP) is 3.44. The standard InChI is InChI=1S/C22H21ClN2O4/c1-15(26)24-9-11-25(12-10-24)21(27)8-6-16-3-2-4-18(23)22(16)17-5-7-19-20(13-17)29-14-28-19/h2-8,13H,9-12,14H2,1H3/b8-6+. The fourth-order valence-electron chi connectivity index (χ4n) is 3.54. The number of benzene rings is 2. The average Bonchev–Trinajstić information content (AvgIpc) is 3.20. The van der Waals surface area contributed by atoms with Gasteiger partial charge in [0, 0.05) is 49.8 Å². The van der Waals surface area contributed by atoms with Gasteiger partial charge in [0.1, 0.15) is 0 Å². The molecule has 7 heteroatoms. The van der Waals surface area contributed by atoms with Crippen LogP contribution in [0.25, 0.3) is 17.2 Å². The van der Waals surface area contributed by atoms with Crippen molar-refractivity contribution in [2.75, 3.05) is 33.0 Å². The van der Waals surface area contributed by atoms with E-state index in [-0.39, 0.29) is 18.6 Å². The van der Waals surface area contributed by atoms with E-state index in [2.05, 4.69) is 0 Å². The molecule has 2 aromatic rings. The first-order valence-corrected chi connectivity index (χ1v) is 9.82. The lowest BCUT2D eigenvalue weighted by Gasteiger charge is -2.33. The van der Waals surface area contributed by atoms with Crippen LogP contribution in [-0.4, -0.2) is 54.6 Å². The zero-order valence-corrected chi connectivity index (χ0v) is 16.8. The van der Waals surface area contributed by atoms with Crippen LogP contribution in [0.4, 0.5) is 0 Å². The molecule has 4 rings (SSSR count). The van der Waals surface area contributed by atoms with Crippen molar-refractivity contribution in [2.45, 2.75) is 6.92 Å². The molecule has 2 aliphatic heterocycles. The minimum absolute atomic E-state index is 0.0416. The number of ether oxygens (including phenoxy) is 2. The number of amides is 2. The van der Waals surface area contributed by atoms with Crippen LogP contribution in [-0.2, 0) is 9.59 Å². The Bertz CT molecular complexity index is 981. The molecule has 0 aromatic heterocycles. The highest BCUT2D eigenvalue weighted by atomic mass is 35.5. The van der Waals surface area contributed by atoms with Crippen LogP contribution in [0.5, 0.6) is 11.5 Å². The molecular formula is C22H21ClN2O4. The molecule has 0 saturated carbocycles. The zero-order chi connectivity index (χ0) is 20.4. The van der Waals surface area contributed by atoms with Crippen LogP contribution < -0.4 is 9.47 Å². The number of rotatable bonds is 3. The van der Waals surface area contributed by atoms with Gasteiger partial charge >= 0.3 is 0 Å². The molecule has 2 amide bonds. The first kappa shape index (κ1) is 19.3. The van der Waals surface area contributed by atoms with Gasteiger partial charge in [0.05, 0.1) is 0 Å². The van der Waals surface area contributed by atoms with E-state index in [1.165, 1.54) is 0 Å². The molecule has 1 saturated heterocycles. The molecule has 2 aromatic carbocycles. The number of hydrogen-bond acceptors (Lipinski definition) is 4. The molecule has 1 fully saturated rings. The molecule has 0 atom stereocenters. The topological polar surface area (TPSA) is 59.1 Å². The van der Waals surface area contributed by atoms with Crippen LogP contribution >= 0.6 is 11.6 Å². The summed E-state index contributed by atoms with van der Waals surface area (Å²) in [5.74, 6) is 1.35. The second kappa shape index (κ2) is 8.17. The Labute approximate surface area is 174 Å². The Kier molecular flexibility index (Phi) is 5.45. The number of carbonyl (C=O) groups excluding carboxylic acids is 2. The summed E-state index contributed by atoms with van der Waals surface area (Å²) in [7, 11) is 0. The van der Waals surface area contributed by atoms with E-state index in [1.54, 1.807) is 28.9 Å². The highest BCUT2D eigenvalue weighted by molar-refractivity contribution is 6.33. The summed E-state index contributed by atoms with van der Waals surface area (Å²) >= 11 is 6.49. The SMILES string of the molecule is CC(=O)N1CCN(C(=O)/C=C/c2cccc(Cl)c2-c2ccc3c(c2)OCO3)CC1. The third-order valence-electron chi connectivity index (χ3n) is 5.15. The summed E-state index contributed by atoms with van der Waals surface area (Å²) in [6.45, 7) is 3.96. The molecule has 0 radical (unpaired) electrons. The molecule has 0 bridgehead atoms. The Morgan fingerprint density at radius 2 is 1.72 bits per heavy atom. The van der Waals surface area contributed by atoms with Gasteiger partial charge in [-0.25, -0.2) is 0 Å². The van der Waals surface area contributed by atoms with E-state index in [4.69, 9.17) is 21.1 Å². The van der Waals surface area contributed by atoms with Crippen molar-refractivity contribution in [1.82, 2.24) is 9.80 Å². The van der Waals surface area contributed by atoms with Gasteiger partial charge in [-0.3, -0.25) is 9.59 Å². The highest BCUT2D eigenvalue weighted by Crippen LogP contribution is 2.39. The quantitative estimate of drug-likeness (QED) is 0.724. The molecule has 2 aliphatic rings. The molecule has 29 heavy (non-hydrogen) atoms. The van der Waals surface area contributed by atoms with E-state index in [0.29, 0.717) is 42.7 Å². The fraction of sp³-hybridized carbons (Fsp3) is 0.273. The zero-order valence-electron chi connectivity index (χ0n) is 16.1. The summed E-state index contributed by atoms with van der Waals surface area (Å²) in [6.07, 6.45) is 3.34. The molecular weight excluding hydrogens is 392 g/mol. The first-order valence-electron chi connectivity index (χ1n) is 9.44. The maximum atomic E-state index is 12.6. The summed E-state index contributed by atoms with van der Waals surface area (Å²) in [4.78, 5) is 27.5. The van der Waals surface area contributed by atoms with E-state index < -0.39 is 0 Å². The second-order valence-electron chi connectivity index (χ2n) is 6.94. The van der Waals surface area contributed by atoms with E-state index in [1.807, 2.05) is 36.4 Å². The van der Waals surface area contributed by atoms with Crippen molar-refractivity contribution in [3.05, 3.63) is 53.1 Å². The van der Waals surface area contributed by atoms with Gasteiger partial charge in [-0.1, -0.05) is 29.8 Å². The number of hydrogen-bond donors (Lipinski definition) is 0. The maximum absolute atomic E-state index is 12.6. The van der Waals surface area contributed by atoms with Crippen molar-refractivity contribution in [2.24, 2.45) is 0 Å². The van der Waals surface area contributed by atoms with Crippen LogP contribution in [0.15, 0.2) is 42.5 Å². The number of fused-ring (bicyclic) bond motifs is 1. The van der Waals surface area contributed by atoms with Crippen molar-refractivity contribution < 1.29 is 19.1 Å². The Balaban J connectivity index is 1.54. The Hall–Kier alpha value is -2.99. The van der Waals surface area contributed by atoms with Gasteiger partial charge in [-0.15, -0.1) is 0 Å². The van der Waals surface area contributed by atoms with Gasteiger partial charge in [0.2, 0.25) is 18.6 Å². The van der Waals surface area contributed by atoms with E-state index in [0.717, 1.165) is 16.7 Å². The van der Waals surface area contributed by atoms with Crippen LogP contribution in [0.3, 0.4) is 0 Å². The Morgan fingerprint density at radius 1 is 1.00 bits per heavy atom. The van der Waals surface area contributed by atoms with Crippen molar-refractivity contribution in [3.63, 3.8) is 0 Å². The molecule has 6 nitrogen and oxygen atoms in total. The molecule has 0 unspecified atom stereocenters. The number of nitrogens with zero attached hydrogens (tertiary/aromatic N) is 2. The molecule has 0 N–H and O–H groups in total. The lowest BCUT2D eigenvalue weighted by atomic mass is 9.98. The van der Waals surface area contributed by atoms with Crippen LogP contribution in [0.1, 0.15) is 12.5 Å². The summed E-state index contributed by atoms with van der Waals surface area (Å²) in [6, 6.07) is 11.3. The predicted molar refractivity (Wildman–Crippen MR) is 111 cm³/mol. The van der Waals surface area contributed by atoms with E-state index >= 15 is 0 Å². The fourth-order valence-corrected chi connectivity index (χ4v) is 3.84. The van der Waals surface area contributed by atoms with Crippen molar-refractivity contribution in [3.8, 4) is 22.6 Å². The molecule has 0 aliphatic carbocycles. The van der Waals surface area contributed by atoms with Gasteiger partial charge < -0.3 is 19.3 Å². The van der Waals surface area contributed by atoms with Crippen molar-refractivity contribution in [1.29, 1.82) is 0 Å². The summed E-state index contributed by atoms with van der Waals surface area (Å²) in [5, 5.41) is 0.591. The van der Waals surface area contributed by atoms with E-state index in [9.17, 15) is 9.59 Å². The third-order valence-corrected chi connectivity index (χ3v) is 5.46. The normalized spacial score (nSPS) is 15.8. The molecule has 0 spiro atoms. The van der Waals surface area contributed by atoms with Gasteiger partial charge in [-0.05, 0) is 35.4 Å². The highest BCUT2D eigenvalue weighted by Gasteiger charge is 2.21. The monoisotopic (exact) mass is 412 g/mol. The lowest BCUT2D eigenvalue weighted by Crippen LogP contribution is -2.49. The van der Waals surface area contributed by atoms with Crippen LogP contribution in [0, 0.1) is 0 Å². The minimum atomic E-state index is -0.0789. The smallest absolute Gasteiger partial charge is 0.246 e. The van der Waals surface area contributed by atoms with Gasteiger partial charge in [-0.2, -0.15) is 0 Å². The van der Waals surface area contributed by atoms with Crippen LogP contribution in [0.2, 0.25) is 5.02 Å². The third kappa shape index (κ3) is 4.07. The van der Waals surface area contributed by atoms with Gasteiger partial charge in [0.25, 0.3) is 0 Å². The first-order chi connectivity index (χ1) is 14.0. The number of carbonyl (C=O) groups is 2.